The van der Waals surface area contributed by atoms with E-state index in [1.807, 2.05) is 19.1 Å². The van der Waals surface area contributed by atoms with Crippen LogP contribution in [0.15, 0.2) is 29.2 Å². The monoisotopic (exact) mass is 197 g/mol. The van der Waals surface area contributed by atoms with E-state index in [4.69, 9.17) is 4.55 Å². The fraction of sp³-hybridized carbons (Fsp3) is 0.143. The standard InChI is InChI=1S/C7H8O2S.Na.H2O/c1-6-2-4-7(5-3-6)10(8)9;;/h2-5H,1H3,(H,8,9);;1H2/q;+1;. The summed E-state index contributed by atoms with van der Waals surface area (Å²) in [7, 11) is 0. The van der Waals surface area contributed by atoms with Crippen LogP contribution in [-0.4, -0.2) is 14.2 Å². The minimum absolute atomic E-state index is 0. The van der Waals surface area contributed by atoms with E-state index >= 15 is 0 Å². The largest absolute Gasteiger partial charge is 1.00 e. The number of benzene rings is 1. The molecule has 0 fully saturated rings. The zero-order chi connectivity index (χ0) is 7.56. The normalized spacial score (nSPS) is 10.8. The minimum atomic E-state index is -1.84. The van der Waals surface area contributed by atoms with Gasteiger partial charge in [-0.05, 0) is 19.1 Å². The third kappa shape index (κ3) is 4.35. The van der Waals surface area contributed by atoms with Gasteiger partial charge in [0, 0.05) is 0 Å². The molecule has 0 heterocycles. The molecule has 1 rings (SSSR count). The molecule has 0 bridgehead atoms. The van der Waals surface area contributed by atoms with Crippen molar-refractivity contribution in [3.63, 3.8) is 0 Å². The predicted octanol–water partition coefficient (Wildman–Crippen LogP) is -2.25. The second-order valence-corrected chi connectivity index (χ2v) is 3.03. The molecule has 0 aliphatic rings. The first-order chi connectivity index (χ1) is 4.70. The van der Waals surface area contributed by atoms with Gasteiger partial charge in [0.25, 0.3) is 0 Å². The van der Waals surface area contributed by atoms with Gasteiger partial charge in [-0.1, -0.05) is 17.7 Å². The van der Waals surface area contributed by atoms with E-state index in [9.17, 15) is 4.21 Å². The molecule has 0 radical (unpaired) electrons. The van der Waals surface area contributed by atoms with Crippen molar-refractivity contribution in [2.24, 2.45) is 0 Å². The summed E-state index contributed by atoms with van der Waals surface area (Å²) < 4.78 is 19.0. The van der Waals surface area contributed by atoms with E-state index in [1.54, 1.807) is 12.1 Å². The predicted molar refractivity (Wildman–Crippen MR) is 43.8 cm³/mol. The van der Waals surface area contributed by atoms with Crippen LogP contribution < -0.4 is 29.6 Å². The number of rotatable bonds is 1. The molecule has 1 aromatic rings. The average molecular weight is 197 g/mol. The van der Waals surface area contributed by atoms with Gasteiger partial charge >= 0.3 is 29.6 Å². The molecule has 1 aromatic carbocycles. The fourth-order valence-electron chi connectivity index (χ4n) is 0.655. The molecule has 0 saturated heterocycles. The smallest absolute Gasteiger partial charge is 0.412 e. The van der Waals surface area contributed by atoms with Crippen LogP contribution in [0.2, 0.25) is 0 Å². The van der Waals surface area contributed by atoms with E-state index in [2.05, 4.69) is 0 Å². The number of hydrogen-bond acceptors (Lipinski definition) is 1. The van der Waals surface area contributed by atoms with Gasteiger partial charge in [-0.3, -0.25) is 0 Å². The van der Waals surface area contributed by atoms with E-state index in [-0.39, 0.29) is 35.0 Å². The molecular weight excluding hydrogens is 187 g/mol. The molecule has 12 heavy (non-hydrogen) atoms. The maximum Gasteiger partial charge on any atom is 1.00 e. The van der Waals surface area contributed by atoms with Crippen LogP contribution in [0.25, 0.3) is 0 Å². The van der Waals surface area contributed by atoms with Crippen LogP contribution in [0.5, 0.6) is 0 Å². The van der Waals surface area contributed by atoms with Crippen molar-refractivity contribution in [3.05, 3.63) is 29.8 Å². The van der Waals surface area contributed by atoms with Crippen LogP contribution in [0.3, 0.4) is 0 Å². The van der Waals surface area contributed by atoms with Crippen molar-refractivity contribution in [1.82, 2.24) is 0 Å². The maximum absolute atomic E-state index is 10.4. The molecule has 62 valence electrons. The van der Waals surface area contributed by atoms with Crippen molar-refractivity contribution in [2.75, 3.05) is 0 Å². The number of hydrogen-bond donors (Lipinski definition) is 1. The summed E-state index contributed by atoms with van der Waals surface area (Å²) in [5, 5.41) is 0. The molecule has 3 N–H and O–H groups in total. The maximum atomic E-state index is 10.4. The zero-order valence-electron chi connectivity index (χ0n) is 7.07. The van der Waals surface area contributed by atoms with Gasteiger partial charge in [0.2, 0.25) is 0 Å². The Bertz CT molecular complexity index is 247. The van der Waals surface area contributed by atoms with Gasteiger partial charge in [-0.15, -0.1) is 0 Å². The first kappa shape index (κ1) is 14.8. The Balaban J connectivity index is 0. The first-order valence-corrected chi connectivity index (χ1v) is 3.98. The molecule has 0 aromatic heterocycles. The van der Waals surface area contributed by atoms with Gasteiger partial charge in [-0.2, -0.15) is 0 Å². The summed E-state index contributed by atoms with van der Waals surface area (Å²) >= 11 is -1.84. The summed E-state index contributed by atoms with van der Waals surface area (Å²) in [6.45, 7) is 1.93. The van der Waals surface area contributed by atoms with Crippen molar-refractivity contribution in [3.8, 4) is 0 Å². The second kappa shape index (κ2) is 6.77. The van der Waals surface area contributed by atoms with E-state index < -0.39 is 11.1 Å². The van der Waals surface area contributed by atoms with Crippen LogP contribution >= 0.6 is 0 Å². The number of aryl methyl sites for hydroxylation is 1. The summed E-state index contributed by atoms with van der Waals surface area (Å²) in [5.74, 6) is 0. The minimum Gasteiger partial charge on any atom is -0.412 e. The molecule has 0 aliphatic heterocycles. The van der Waals surface area contributed by atoms with E-state index in [0.717, 1.165) is 5.56 Å². The molecule has 0 amide bonds. The van der Waals surface area contributed by atoms with Crippen LogP contribution in [0.4, 0.5) is 0 Å². The molecule has 1 atom stereocenters. The molecule has 1 unspecified atom stereocenters. The second-order valence-electron chi connectivity index (χ2n) is 2.06. The fourth-order valence-corrected chi connectivity index (χ4v) is 1.02. The summed E-state index contributed by atoms with van der Waals surface area (Å²) in [5.41, 5.74) is 1.09. The quantitative estimate of drug-likeness (QED) is 0.408. The van der Waals surface area contributed by atoms with Gasteiger partial charge in [0.1, 0.15) is 0 Å². The van der Waals surface area contributed by atoms with E-state index in [1.165, 1.54) is 0 Å². The summed E-state index contributed by atoms with van der Waals surface area (Å²) in [4.78, 5) is 0.450. The van der Waals surface area contributed by atoms with Crippen molar-refractivity contribution >= 4 is 11.1 Å². The molecule has 0 aliphatic carbocycles. The van der Waals surface area contributed by atoms with Gasteiger partial charge in [-0.25, -0.2) is 4.21 Å². The first-order valence-electron chi connectivity index (χ1n) is 2.87. The van der Waals surface area contributed by atoms with Gasteiger partial charge in [0.15, 0.2) is 11.1 Å². The van der Waals surface area contributed by atoms with Crippen LogP contribution in [0.1, 0.15) is 5.56 Å². The Kier molecular flexibility index (Phi) is 8.34. The molecule has 5 heteroatoms. The summed E-state index contributed by atoms with van der Waals surface area (Å²) in [6, 6.07) is 6.91. The van der Waals surface area contributed by atoms with Crippen molar-refractivity contribution in [1.29, 1.82) is 0 Å². The topological polar surface area (TPSA) is 68.8 Å². The molecule has 0 saturated carbocycles. The Hall–Kier alpha value is 0.290. The Morgan fingerprint density at radius 2 is 1.67 bits per heavy atom. The van der Waals surface area contributed by atoms with Crippen molar-refractivity contribution in [2.45, 2.75) is 11.8 Å². The van der Waals surface area contributed by atoms with Crippen LogP contribution in [0, 0.1) is 6.92 Å². The van der Waals surface area contributed by atoms with Gasteiger partial charge < -0.3 is 10.0 Å². The Morgan fingerprint density at radius 1 is 1.25 bits per heavy atom. The molecule has 3 nitrogen and oxygen atoms in total. The average Bonchev–Trinajstić information content (AvgIpc) is 1.88. The molecular formula is C7H10NaO3S+. The third-order valence-electron chi connectivity index (χ3n) is 1.22. The Labute approximate surface area is 96.1 Å². The van der Waals surface area contributed by atoms with Crippen LogP contribution in [-0.2, 0) is 11.1 Å². The van der Waals surface area contributed by atoms with Gasteiger partial charge in [0.05, 0.1) is 4.90 Å². The summed E-state index contributed by atoms with van der Waals surface area (Å²) in [6.07, 6.45) is 0. The Morgan fingerprint density at radius 3 is 2.00 bits per heavy atom. The van der Waals surface area contributed by atoms with Crippen molar-refractivity contribution < 1.29 is 43.8 Å². The van der Waals surface area contributed by atoms with E-state index in [0.29, 0.717) is 4.90 Å². The SMILES string of the molecule is Cc1ccc(S(=O)O)cc1.O.[Na+]. The third-order valence-corrected chi connectivity index (χ3v) is 1.90. The zero-order valence-corrected chi connectivity index (χ0v) is 9.89. The molecule has 0 spiro atoms.